The topological polar surface area (TPSA) is 111 Å². The van der Waals surface area contributed by atoms with Crippen molar-refractivity contribution in [2.45, 2.75) is 16.7 Å². The maximum absolute atomic E-state index is 12.7. The molecule has 8 nitrogen and oxygen atoms in total. The molecule has 0 amide bonds. The van der Waals surface area contributed by atoms with E-state index in [4.69, 9.17) is 9.47 Å². The minimum absolute atomic E-state index is 0.00528. The Morgan fingerprint density at radius 2 is 1.06 bits per heavy atom. The molecule has 0 aromatic heterocycles. The van der Waals surface area contributed by atoms with Crippen molar-refractivity contribution in [2.24, 2.45) is 0 Å². The third kappa shape index (κ3) is 5.28. The molecule has 0 fully saturated rings. The highest BCUT2D eigenvalue weighted by Crippen LogP contribution is 2.30. The van der Waals surface area contributed by atoms with Crippen molar-refractivity contribution in [1.82, 2.24) is 0 Å². The lowest BCUT2D eigenvalue weighted by Gasteiger charge is -2.12. The molecular formula is C21H22N2O6S2. The first kappa shape index (κ1) is 22.4. The van der Waals surface area contributed by atoms with Crippen molar-refractivity contribution in [2.75, 3.05) is 23.7 Å². The van der Waals surface area contributed by atoms with Gasteiger partial charge in [0.15, 0.2) is 11.5 Å². The zero-order valence-corrected chi connectivity index (χ0v) is 18.7. The quantitative estimate of drug-likeness (QED) is 0.529. The van der Waals surface area contributed by atoms with Gasteiger partial charge in [0.2, 0.25) is 0 Å². The van der Waals surface area contributed by atoms with Crippen LogP contribution in [0.2, 0.25) is 0 Å². The van der Waals surface area contributed by atoms with Crippen molar-refractivity contribution in [3.05, 3.63) is 72.3 Å². The molecule has 3 rings (SSSR count). The minimum Gasteiger partial charge on any atom is -0.493 e. The number of rotatable bonds is 8. The highest BCUT2D eigenvalue weighted by atomic mass is 32.2. The number of methoxy groups -OCH3 is 2. The van der Waals surface area contributed by atoms with Gasteiger partial charge in [-0.05, 0) is 55.5 Å². The van der Waals surface area contributed by atoms with Crippen LogP contribution in [-0.4, -0.2) is 31.1 Å². The molecule has 164 valence electrons. The number of anilines is 2. The standard InChI is InChI=1S/C21H22N2O6S2/c1-15-4-10-18(11-5-15)30(24,25)22-16-6-8-17(9-7-16)23-31(26,27)19-12-13-20(28-2)21(14-19)29-3/h4-14,22-23H,1-3H3. The summed E-state index contributed by atoms with van der Waals surface area (Å²) in [5.41, 5.74) is 1.52. The van der Waals surface area contributed by atoms with Gasteiger partial charge < -0.3 is 9.47 Å². The lowest BCUT2D eigenvalue weighted by molar-refractivity contribution is 0.354. The van der Waals surface area contributed by atoms with Crippen molar-refractivity contribution < 1.29 is 26.3 Å². The number of hydrogen-bond donors (Lipinski definition) is 2. The first-order valence-electron chi connectivity index (χ1n) is 9.09. The van der Waals surface area contributed by atoms with Gasteiger partial charge in [-0.1, -0.05) is 17.7 Å². The van der Waals surface area contributed by atoms with Gasteiger partial charge in [-0.25, -0.2) is 16.8 Å². The van der Waals surface area contributed by atoms with E-state index in [9.17, 15) is 16.8 Å². The van der Waals surface area contributed by atoms with Gasteiger partial charge in [-0.3, -0.25) is 9.44 Å². The van der Waals surface area contributed by atoms with Crippen LogP contribution in [0.15, 0.2) is 76.5 Å². The first-order chi connectivity index (χ1) is 14.6. The van der Waals surface area contributed by atoms with Gasteiger partial charge in [-0.2, -0.15) is 0 Å². The van der Waals surface area contributed by atoms with E-state index < -0.39 is 20.0 Å². The largest absolute Gasteiger partial charge is 0.493 e. The fourth-order valence-electron chi connectivity index (χ4n) is 2.74. The predicted octanol–water partition coefficient (Wildman–Crippen LogP) is 3.61. The number of hydrogen-bond acceptors (Lipinski definition) is 6. The molecule has 0 bridgehead atoms. The lowest BCUT2D eigenvalue weighted by atomic mass is 10.2. The average Bonchev–Trinajstić information content (AvgIpc) is 2.74. The number of nitrogens with one attached hydrogen (secondary N) is 2. The Morgan fingerprint density at radius 1 is 0.613 bits per heavy atom. The smallest absolute Gasteiger partial charge is 0.262 e. The summed E-state index contributed by atoms with van der Waals surface area (Å²) in [4.78, 5) is 0.130. The fourth-order valence-corrected chi connectivity index (χ4v) is 4.87. The van der Waals surface area contributed by atoms with Crippen molar-refractivity contribution >= 4 is 31.4 Å². The van der Waals surface area contributed by atoms with Crippen LogP contribution in [0.3, 0.4) is 0 Å². The molecule has 31 heavy (non-hydrogen) atoms. The van der Waals surface area contributed by atoms with Crippen LogP contribution in [0, 0.1) is 6.92 Å². The predicted molar refractivity (Wildman–Crippen MR) is 119 cm³/mol. The molecule has 0 spiro atoms. The van der Waals surface area contributed by atoms with Crippen LogP contribution >= 0.6 is 0 Å². The number of aryl methyl sites for hydroxylation is 1. The normalized spacial score (nSPS) is 11.6. The van der Waals surface area contributed by atoms with E-state index in [1.165, 1.54) is 68.8 Å². The molecule has 0 saturated carbocycles. The van der Waals surface area contributed by atoms with Crippen molar-refractivity contribution in [3.63, 3.8) is 0 Å². The Balaban J connectivity index is 1.76. The van der Waals surface area contributed by atoms with Crippen molar-refractivity contribution in [3.8, 4) is 11.5 Å². The molecule has 0 aliphatic heterocycles. The Morgan fingerprint density at radius 3 is 1.55 bits per heavy atom. The maximum Gasteiger partial charge on any atom is 0.262 e. The third-order valence-corrected chi connectivity index (χ3v) is 7.16. The van der Waals surface area contributed by atoms with Gasteiger partial charge in [0.05, 0.1) is 24.0 Å². The summed E-state index contributed by atoms with van der Waals surface area (Å²) in [5.74, 6) is 0.692. The van der Waals surface area contributed by atoms with Crippen LogP contribution < -0.4 is 18.9 Å². The maximum atomic E-state index is 12.7. The van der Waals surface area contributed by atoms with Gasteiger partial charge in [0.1, 0.15) is 0 Å². The average molecular weight is 463 g/mol. The van der Waals surface area contributed by atoms with Crippen LogP contribution in [0.1, 0.15) is 5.56 Å². The summed E-state index contributed by atoms with van der Waals surface area (Å²) >= 11 is 0. The molecule has 0 aliphatic carbocycles. The number of benzene rings is 3. The van der Waals surface area contributed by atoms with Crippen LogP contribution in [0.5, 0.6) is 11.5 Å². The Labute approximate surface area is 181 Å². The van der Waals surface area contributed by atoms with Crippen LogP contribution in [-0.2, 0) is 20.0 Å². The summed E-state index contributed by atoms with van der Waals surface area (Å²) in [6, 6.07) is 16.6. The van der Waals surface area contributed by atoms with E-state index in [1.54, 1.807) is 12.1 Å². The molecule has 3 aromatic rings. The second-order valence-corrected chi connectivity index (χ2v) is 9.98. The number of ether oxygens (including phenoxy) is 2. The molecule has 3 aromatic carbocycles. The van der Waals surface area contributed by atoms with Crippen molar-refractivity contribution in [1.29, 1.82) is 0 Å². The summed E-state index contributed by atoms with van der Waals surface area (Å²) in [5, 5.41) is 0. The van der Waals surface area contributed by atoms with E-state index in [0.29, 0.717) is 11.4 Å². The molecule has 0 radical (unpaired) electrons. The highest BCUT2D eigenvalue weighted by Gasteiger charge is 2.18. The second kappa shape index (κ2) is 8.86. The fraction of sp³-hybridized carbons (Fsp3) is 0.143. The summed E-state index contributed by atoms with van der Waals surface area (Å²) < 4.78 is 65.5. The lowest BCUT2D eigenvalue weighted by Crippen LogP contribution is -2.14. The summed E-state index contributed by atoms with van der Waals surface area (Å²) in [6.07, 6.45) is 0. The Bertz CT molecular complexity index is 1270. The minimum atomic E-state index is -3.89. The Hall–Kier alpha value is -3.24. The number of sulfonamides is 2. The summed E-state index contributed by atoms with van der Waals surface area (Å²) in [7, 11) is -4.77. The van der Waals surface area contributed by atoms with E-state index in [0.717, 1.165) is 5.56 Å². The molecule has 0 heterocycles. The van der Waals surface area contributed by atoms with Gasteiger partial charge in [0, 0.05) is 17.4 Å². The molecule has 0 unspecified atom stereocenters. The van der Waals surface area contributed by atoms with Crippen LogP contribution in [0.25, 0.3) is 0 Å². The van der Waals surface area contributed by atoms with E-state index in [1.807, 2.05) is 6.92 Å². The van der Waals surface area contributed by atoms with Gasteiger partial charge in [0.25, 0.3) is 20.0 Å². The van der Waals surface area contributed by atoms with Gasteiger partial charge >= 0.3 is 0 Å². The molecule has 10 heteroatoms. The first-order valence-corrected chi connectivity index (χ1v) is 12.1. The zero-order valence-electron chi connectivity index (χ0n) is 17.1. The molecular weight excluding hydrogens is 440 g/mol. The van der Waals surface area contributed by atoms with E-state index in [2.05, 4.69) is 9.44 Å². The molecule has 0 atom stereocenters. The third-order valence-electron chi connectivity index (χ3n) is 4.39. The van der Waals surface area contributed by atoms with Crippen LogP contribution in [0.4, 0.5) is 11.4 Å². The zero-order chi connectivity index (χ0) is 22.6. The molecule has 2 N–H and O–H groups in total. The molecule has 0 aliphatic rings. The second-order valence-electron chi connectivity index (χ2n) is 6.62. The Kier molecular flexibility index (Phi) is 6.42. The summed E-state index contributed by atoms with van der Waals surface area (Å²) in [6.45, 7) is 1.87. The highest BCUT2D eigenvalue weighted by molar-refractivity contribution is 7.93. The monoisotopic (exact) mass is 462 g/mol. The van der Waals surface area contributed by atoms with Gasteiger partial charge in [-0.15, -0.1) is 0 Å². The van der Waals surface area contributed by atoms with E-state index >= 15 is 0 Å². The molecule has 0 saturated heterocycles. The SMILES string of the molecule is COc1ccc(S(=O)(=O)Nc2ccc(NS(=O)(=O)c3ccc(C)cc3)cc2)cc1OC. The van der Waals surface area contributed by atoms with E-state index in [-0.39, 0.29) is 21.2 Å².